The van der Waals surface area contributed by atoms with E-state index in [-0.39, 0.29) is 19.6 Å². The number of nitrogens with one attached hydrogen (secondary N) is 1. The van der Waals surface area contributed by atoms with Crippen LogP contribution in [-0.2, 0) is 31.9 Å². The van der Waals surface area contributed by atoms with Gasteiger partial charge in [0.15, 0.2) is 5.47 Å². The van der Waals surface area contributed by atoms with Crippen LogP contribution in [0, 0.1) is 0 Å². The maximum Gasteiger partial charge on any atom is 0.410 e. The molecule has 156 valence electrons. The number of carboxylic acid groups (broad SMARTS) is 1. The van der Waals surface area contributed by atoms with Crippen molar-refractivity contribution in [1.82, 2.24) is 5.32 Å². The SMILES string of the molecule is CCOC(CCc1ccccc1)(NC(=O)OCc1ccccc1)[PH](=O)CC(=O)O. The molecule has 2 N–H and O–H groups in total. The van der Waals surface area contributed by atoms with E-state index in [2.05, 4.69) is 5.32 Å². The van der Waals surface area contributed by atoms with Crippen LogP contribution in [-0.4, -0.2) is 35.4 Å². The Balaban J connectivity index is 2.14. The van der Waals surface area contributed by atoms with E-state index < -0.39 is 31.5 Å². The highest BCUT2D eigenvalue weighted by atomic mass is 31.1. The molecule has 1 amide bonds. The molecule has 2 aromatic carbocycles. The van der Waals surface area contributed by atoms with Gasteiger partial charge in [0.05, 0.1) is 0 Å². The van der Waals surface area contributed by atoms with Crippen molar-refractivity contribution < 1.29 is 28.7 Å². The molecule has 0 spiro atoms. The lowest BCUT2D eigenvalue weighted by molar-refractivity contribution is -0.134. The molecule has 8 heteroatoms. The monoisotopic (exact) mass is 419 g/mol. The average Bonchev–Trinajstić information content (AvgIpc) is 2.71. The lowest BCUT2D eigenvalue weighted by Gasteiger charge is -2.33. The Hall–Kier alpha value is -2.63. The Morgan fingerprint density at radius 3 is 2.17 bits per heavy atom. The van der Waals surface area contributed by atoms with Gasteiger partial charge in [-0.2, -0.15) is 0 Å². The smallest absolute Gasteiger partial charge is 0.410 e. The molecule has 7 nitrogen and oxygen atoms in total. The van der Waals surface area contributed by atoms with E-state index in [1.807, 2.05) is 60.7 Å². The van der Waals surface area contributed by atoms with E-state index in [0.29, 0.717) is 6.42 Å². The second-order valence-corrected chi connectivity index (χ2v) is 8.43. The summed E-state index contributed by atoms with van der Waals surface area (Å²) in [5, 5.41) is 11.7. The van der Waals surface area contributed by atoms with Crippen LogP contribution in [0.3, 0.4) is 0 Å². The Bertz CT molecular complexity index is 814. The molecule has 0 aliphatic heterocycles. The van der Waals surface area contributed by atoms with E-state index >= 15 is 0 Å². The Morgan fingerprint density at radius 1 is 1.03 bits per heavy atom. The van der Waals surface area contributed by atoms with Crippen LogP contribution >= 0.6 is 7.80 Å². The second-order valence-electron chi connectivity index (χ2n) is 6.43. The van der Waals surface area contributed by atoms with Crippen LogP contribution < -0.4 is 5.32 Å². The predicted molar refractivity (Wildman–Crippen MR) is 110 cm³/mol. The topological polar surface area (TPSA) is 102 Å². The van der Waals surface area contributed by atoms with Gasteiger partial charge in [-0.3, -0.25) is 10.1 Å². The number of aryl methyl sites for hydroxylation is 1. The zero-order chi connectivity index (χ0) is 21.1. The summed E-state index contributed by atoms with van der Waals surface area (Å²) in [4.78, 5) is 23.6. The molecule has 0 heterocycles. The Kier molecular flexibility index (Phi) is 8.90. The van der Waals surface area contributed by atoms with Crippen LogP contribution in [0.4, 0.5) is 4.79 Å². The van der Waals surface area contributed by atoms with Crippen LogP contribution in [0.25, 0.3) is 0 Å². The van der Waals surface area contributed by atoms with Gasteiger partial charge in [0.25, 0.3) is 0 Å². The highest BCUT2D eigenvalue weighted by Gasteiger charge is 2.40. The molecular formula is C21H26NO6P. The lowest BCUT2D eigenvalue weighted by Crippen LogP contribution is -2.49. The van der Waals surface area contributed by atoms with Crippen LogP contribution in [0.2, 0.25) is 0 Å². The number of aliphatic carboxylic acids is 1. The molecule has 0 saturated heterocycles. The molecule has 0 fully saturated rings. The normalized spacial score (nSPS) is 13.8. The lowest BCUT2D eigenvalue weighted by atomic mass is 10.1. The number of benzene rings is 2. The van der Waals surface area contributed by atoms with Crippen molar-refractivity contribution in [2.24, 2.45) is 0 Å². The van der Waals surface area contributed by atoms with Crippen molar-refractivity contribution in [1.29, 1.82) is 0 Å². The molecule has 0 saturated carbocycles. The van der Waals surface area contributed by atoms with E-state index in [9.17, 15) is 14.2 Å². The number of hydrogen-bond donors (Lipinski definition) is 2. The minimum Gasteiger partial charge on any atom is -0.481 e. The summed E-state index contributed by atoms with van der Waals surface area (Å²) in [6.45, 7) is 1.89. The Labute approximate surface area is 170 Å². The van der Waals surface area contributed by atoms with E-state index in [1.165, 1.54) is 0 Å². The third-order valence-electron chi connectivity index (χ3n) is 4.28. The number of carbonyl (C=O) groups excluding carboxylic acids is 1. The number of amides is 1. The largest absolute Gasteiger partial charge is 0.481 e. The number of carbonyl (C=O) groups is 2. The highest BCUT2D eigenvalue weighted by molar-refractivity contribution is 7.47. The minimum absolute atomic E-state index is 0.0351. The zero-order valence-electron chi connectivity index (χ0n) is 16.3. The fourth-order valence-corrected chi connectivity index (χ4v) is 4.39. The predicted octanol–water partition coefficient (Wildman–Crippen LogP) is 3.88. The molecule has 0 aliphatic carbocycles. The summed E-state index contributed by atoms with van der Waals surface area (Å²) < 4.78 is 23.8. The molecule has 0 aliphatic rings. The van der Waals surface area contributed by atoms with Gasteiger partial charge in [-0.05, 0) is 24.5 Å². The fourth-order valence-electron chi connectivity index (χ4n) is 2.88. The van der Waals surface area contributed by atoms with Crippen molar-refractivity contribution in [3.05, 3.63) is 71.8 Å². The maximum absolute atomic E-state index is 12.9. The molecular weight excluding hydrogens is 393 g/mol. The van der Waals surface area contributed by atoms with Gasteiger partial charge in [0.1, 0.15) is 20.6 Å². The Morgan fingerprint density at radius 2 is 1.62 bits per heavy atom. The highest BCUT2D eigenvalue weighted by Crippen LogP contribution is 2.41. The van der Waals surface area contributed by atoms with Gasteiger partial charge in [0.2, 0.25) is 0 Å². The van der Waals surface area contributed by atoms with Crippen molar-refractivity contribution in [2.75, 3.05) is 12.8 Å². The van der Waals surface area contributed by atoms with E-state index in [4.69, 9.17) is 14.6 Å². The molecule has 2 rings (SSSR count). The summed E-state index contributed by atoms with van der Waals surface area (Å²) >= 11 is 0. The molecule has 0 radical (unpaired) electrons. The van der Waals surface area contributed by atoms with Gasteiger partial charge >= 0.3 is 12.1 Å². The number of hydrogen-bond acceptors (Lipinski definition) is 5. The number of ether oxygens (including phenoxy) is 2. The first-order valence-corrected chi connectivity index (χ1v) is 11.0. The van der Waals surface area contributed by atoms with Crippen molar-refractivity contribution in [3.8, 4) is 0 Å². The summed E-state index contributed by atoms with van der Waals surface area (Å²) in [6.07, 6.45) is -0.774. The van der Waals surface area contributed by atoms with E-state index in [1.54, 1.807) is 6.92 Å². The summed E-state index contributed by atoms with van der Waals surface area (Å²) in [5.74, 6) is -1.21. The summed E-state index contributed by atoms with van der Waals surface area (Å²) in [5.41, 5.74) is 0.162. The third-order valence-corrected chi connectivity index (χ3v) is 6.32. The van der Waals surface area contributed by atoms with Crippen LogP contribution in [0.5, 0.6) is 0 Å². The second kappa shape index (κ2) is 11.4. The minimum atomic E-state index is -2.88. The first-order chi connectivity index (χ1) is 13.9. The van der Waals surface area contributed by atoms with Crippen LogP contribution in [0.15, 0.2) is 60.7 Å². The molecule has 2 aromatic rings. The number of rotatable bonds is 11. The van der Waals surface area contributed by atoms with Crippen molar-refractivity contribution in [3.63, 3.8) is 0 Å². The fraction of sp³-hybridized carbons (Fsp3) is 0.333. The molecule has 2 atom stereocenters. The standard InChI is InChI=1S/C21H26NO6P/c1-2-28-21(29(26)16-19(23)24,14-13-17-9-5-3-6-10-17)22-20(25)27-15-18-11-7-4-8-12-18/h3-12,29H,2,13-16H2,1H3,(H,22,25)(H,23,24). The number of carboxylic acids is 1. The molecule has 2 unspecified atom stereocenters. The third kappa shape index (κ3) is 7.37. The first-order valence-electron chi connectivity index (χ1n) is 9.37. The van der Waals surface area contributed by atoms with Crippen molar-refractivity contribution in [2.45, 2.75) is 31.8 Å². The van der Waals surface area contributed by atoms with Gasteiger partial charge in [-0.15, -0.1) is 0 Å². The van der Waals surface area contributed by atoms with Gasteiger partial charge in [-0.25, -0.2) is 4.79 Å². The maximum atomic E-state index is 12.9. The van der Waals surface area contributed by atoms with Gasteiger partial charge in [-0.1, -0.05) is 60.7 Å². The van der Waals surface area contributed by atoms with Crippen molar-refractivity contribution >= 4 is 19.9 Å². The summed E-state index contributed by atoms with van der Waals surface area (Å²) in [7, 11) is -2.88. The van der Waals surface area contributed by atoms with E-state index in [0.717, 1.165) is 11.1 Å². The molecule has 29 heavy (non-hydrogen) atoms. The van der Waals surface area contributed by atoms with Crippen LogP contribution in [0.1, 0.15) is 24.5 Å². The quantitative estimate of drug-likeness (QED) is 0.423. The van der Waals surface area contributed by atoms with Gasteiger partial charge < -0.3 is 19.1 Å². The zero-order valence-corrected chi connectivity index (χ0v) is 17.3. The average molecular weight is 419 g/mol. The van der Waals surface area contributed by atoms with Gasteiger partial charge in [0, 0.05) is 13.0 Å². The first kappa shape index (κ1) is 22.7. The molecule has 0 bridgehead atoms. The molecule has 0 aromatic heterocycles. The number of alkyl carbamates (subject to hydrolysis) is 1. The summed E-state index contributed by atoms with van der Waals surface area (Å²) in [6, 6.07) is 18.6.